The van der Waals surface area contributed by atoms with E-state index in [9.17, 15) is 8.42 Å². The largest absolute Gasteiger partial charge is 0.379 e. The fourth-order valence-electron chi connectivity index (χ4n) is 2.35. The van der Waals surface area contributed by atoms with E-state index in [0.29, 0.717) is 13.1 Å². The molecular weight excluding hydrogens is 292 g/mol. The summed E-state index contributed by atoms with van der Waals surface area (Å²) < 4.78 is 34.1. The van der Waals surface area contributed by atoms with E-state index in [1.807, 2.05) is 6.92 Å². The second kappa shape index (κ2) is 7.88. The van der Waals surface area contributed by atoms with Crippen LogP contribution in [0, 0.1) is 0 Å². The number of hydrogen-bond donors (Lipinski definition) is 1. The molecule has 0 spiro atoms. The Morgan fingerprint density at radius 1 is 1.33 bits per heavy atom. The van der Waals surface area contributed by atoms with E-state index in [1.165, 1.54) is 6.20 Å². The number of sulfonamides is 1. The van der Waals surface area contributed by atoms with Crippen LogP contribution in [0.3, 0.4) is 0 Å². The minimum absolute atomic E-state index is 0.246. The molecule has 1 aliphatic heterocycles. The Labute approximate surface area is 126 Å². The maximum absolute atomic E-state index is 12.2. The zero-order chi connectivity index (χ0) is 15.1. The highest BCUT2D eigenvalue weighted by molar-refractivity contribution is 7.89. The van der Waals surface area contributed by atoms with Crippen molar-refractivity contribution in [3.63, 3.8) is 0 Å². The van der Waals surface area contributed by atoms with Gasteiger partial charge in [-0.15, -0.1) is 0 Å². The van der Waals surface area contributed by atoms with Crippen LogP contribution >= 0.6 is 0 Å². The first-order chi connectivity index (χ1) is 10.1. The lowest BCUT2D eigenvalue weighted by Crippen LogP contribution is -2.38. The number of imidazole rings is 1. The van der Waals surface area contributed by atoms with Crippen LogP contribution < -0.4 is 4.72 Å². The Bertz CT molecular complexity index is 523. The maximum atomic E-state index is 12.2. The van der Waals surface area contributed by atoms with Crippen LogP contribution in [0.5, 0.6) is 0 Å². The zero-order valence-corrected chi connectivity index (χ0v) is 13.3. The molecule has 1 fully saturated rings. The minimum atomic E-state index is -3.47. The van der Waals surface area contributed by atoms with Gasteiger partial charge in [0.1, 0.15) is 0 Å². The lowest BCUT2D eigenvalue weighted by atomic mass is 10.3. The predicted octanol–water partition coefficient (Wildman–Crippen LogP) is 0.294. The van der Waals surface area contributed by atoms with Gasteiger partial charge in [-0.05, 0) is 19.4 Å². The summed E-state index contributed by atoms with van der Waals surface area (Å²) in [7, 11) is -3.47. The van der Waals surface area contributed by atoms with Gasteiger partial charge >= 0.3 is 0 Å². The smallest absolute Gasteiger partial charge is 0.257 e. The number of morpholine rings is 1. The molecule has 0 aromatic carbocycles. The molecule has 1 N–H and O–H groups in total. The second-order valence-electron chi connectivity index (χ2n) is 5.13. The van der Waals surface area contributed by atoms with Crippen LogP contribution in [-0.4, -0.2) is 62.3 Å². The van der Waals surface area contributed by atoms with Gasteiger partial charge in [-0.2, -0.15) is 0 Å². The normalized spacial score (nSPS) is 17.2. The molecule has 1 aromatic heterocycles. The van der Waals surface area contributed by atoms with Gasteiger partial charge in [-0.1, -0.05) is 6.92 Å². The topological polar surface area (TPSA) is 76.5 Å². The Morgan fingerprint density at radius 3 is 2.81 bits per heavy atom. The molecule has 7 nitrogen and oxygen atoms in total. The maximum Gasteiger partial charge on any atom is 0.257 e. The summed E-state index contributed by atoms with van der Waals surface area (Å²) in [4.78, 5) is 6.22. The number of rotatable bonds is 8. The molecule has 0 amide bonds. The molecule has 0 atom stereocenters. The molecule has 1 saturated heterocycles. The Kier molecular flexibility index (Phi) is 6.16. The zero-order valence-electron chi connectivity index (χ0n) is 12.5. The number of hydrogen-bond acceptors (Lipinski definition) is 5. The van der Waals surface area contributed by atoms with E-state index in [1.54, 1.807) is 10.9 Å². The lowest BCUT2D eigenvalue weighted by molar-refractivity contribution is 0.0376. The van der Waals surface area contributed by atoms with Gasteiger partial charge in [0.2, 0.25) is 0 Å². The third-order valence-electron chi connectivity index (χ3n) is 3.46. The highest BCUT2D eigenvalue weighted by atomic mass is 32.2. The quantitative estimate of drug-likeness (QED) is 0.698. The fraction of sp³-hybridized carbons (Fsp3) is 0.769. The van der Waals surface area contributed by atoms with Crippen molar-refractivity contribution in [2.45, 2.75) is 31.3 Å². The minimum Gasteiger partial charge on any atom is -0.379 e. The van der Waals surface area contributed by atoms with Gasteiger partial charge in [0, 0.05) is 26.2 Å². The lowest BCUT2D eigenvalue weighted by Gasteiger charge is -2.26. The van der Waals surface area contributed by atoms with Crippen LogP contribution in [0.25, 0.3) is 0 Å². The molecule has 0 aliphatic carbocycles. The summed E-state index contributed by atoms with van der Waals surface area (Å²) in [5.41, 5.74) is 0. The number of aromatic nitrogens is 2. The predicted molar refractivity (Wildman–Crippen MR) is 79.6 cm³/mol. The Hall–Kier alpha value is -0.960. The molecule has 0 bridgehead atoms. The number of nitrogens with one attached hydrogen (secondary N) is 1. The fourth-order valence-corrected chi connectivity index (χ4v) is 3.56. The number of aryl methyl sites for hydroxylation is 1. The van der Waals surface area contributed by atoms with Gasteiger partial charge in [-0.3, -0.25) is 4.90 Å². The average Bonchev–Trinajstić information content (AvgIpc) is 2.94. The third-order valence-corrected chi connectivity index (χ3v) is 4.94. The molecule has 120 valence electrons. The first-order valence-electron chi connectivity index (χ1n) is 7.43. The van der Waals surface area contributed by atoms with Crippen LogP contribution in [0.2, 0.25) is 0 Å². The standard InChI is InChI=1S/C13H24N4O3S/c1-2-5-17-12-14-11-13(17)21(18,19)15-4-3-6-16-7-9-20-10-8-16/h11-12,15H,2-10H2,1H3. The van der Waals surface area contributed by atoms with E-state index in [4.69, 9.17) is 4.74 Å². The molecule has 2 heterocycles. The van der Waals surface area contributed by atoms with Gasteiger partial charge in [0.15, 0.2) is 5.03 Å². The third kappa shape index (κ3) is 4.77. The van der Waals surface area contributed by atoms with Crippen LogP contribution in [0.4, 0.5) is 0 Å². The summed E-state index contributed by atoms with van der Waals surface area (Å²) in [6.45, 7) is 7.38. The SMILES string of the molecule is CCCn1cncc1S(=O)(=O)NCCCN1CCOCC1. The van der Waals surface area contributed by atoms with Crippen molar-refractivity contribution in [1.82, 2.24) is 19.2 Å². The van der Waals surface area contributed by atoms with E-state index >= 15 is 0 Å². The average molecular weight is 316 g/mol. The molecule has 21 heavy (non-hydrogen) atoms. The van der Waals surface area contributed by atoms with Crippen molar-refractivity contribution in [1.29, 1.82) is 0 Å². The van der Waals surface area contributed by atoms with Crippen molar-refractivity contribution < 1.29 is 13.2 Å². The molecule has 0 unspecified atom stereocenters. The van der Waals surface area contributed by atoms with Gasteiger partial charge in [0.25, 0.3) is 10.0 Å². The summed E-state index contributed by atoms with van der Waals surface area (Å²) >= 11 is 0. The van der Waals surface area contributed by atoms with Crippen LogP contribution in [0.15, 0.2) is 17.6 Å². The number of ether oxygens (including phenoxy) is 1. The molecular formula is C13H24N4O3S. The number of nitrogens with zero attached hydrogens (tertiary/aromatic N) is 3. The Balaban J connectivity index is 1.79. The van der Waals surface area contributed by atoms with Crippen molar-refractivity contribution in [2.24, 2.45) is 0 Å². The molecule has 8 heteroatoms. The van der Waals surface area contributed by atoms with Crippen molar-refractivity contribution in [2.75, 3.05) is 39.4 Å². The highest BCUT2D eigenvalue weighted by Crippen LogP contribution is 2.08. The molecule has 1 aromatic rings. The van der Waals surface area contributed by atoms with E-state index in [-0.39, 0.29) is 5.03 Å². The Morgan fingerprint density at radius 2 is 2.10 bits per heavy atom. The van der Waals surface area contributed by atoms with Crippen molar-refractivity contribution in [3.8, 4) is 0 Å². The molecule has 1 aliphatic rings. The van der Waals surface area contributed by atoms with Crippen molar-refractivity contribution in [3.05, 3.63) is 12.5 Å². The van der Waals surface area contributed by atoms with Crippen LogP contribution in [-0.2, 0) is 21.3 Å². The summed E-state index contributed by atoms with van der Waals surface area (Å²) in [5.74, 6) is 0. The first-order valence-corrected chi connectivity index (χ1v) is 8.91. The summed E-state index contributed by atoms with van der Waals surface area (Å²) in [5, 5.41) is 0.246. The monoisotopic (exact) mass is 316 g/mol. The van der Waals surface area contributed by atoms with E-state index < -0.39 is 10.0 Å². The van der Waals surface area contributed by atoms with Crippen LogP contribution in [0.1, 0.15) is 19.8 Å². The summed E-state index contributed by atoms with van der Waals surface area (Å²) in [6, 6.07) is 0. The van der Waals surface area contributed by atoms with Gasteiger partial charge in [0.05, 0.1) is 25.7 Å². The van der Waals surface area contributed by atoms with Gasteiger partial charge in [-0.25, -0.2) is 18.1 Å². The summed E-state index contributed by atoms with van der Waals surface area (Å²) in [6.07, 6.45) is 4.63. The first kappa shape index (κ1) is 16.4. The molecule has 0 saturated carbocycles. The molecule has 0 radical (unpaired) electrons. The highest BCUT2D eigenvalue weighted by Gasteiger charge is 2.18. The van der Waals surface area contributed by atoms with Crippen molar-refractivity contribution >= 4 is 10.0 Å². The second-order valence-corrected chi connectivity index (χ2v) is 6.84. The van der Waals surface area contributed by atoms with E-state index in [2.05, 4.69) is 14.6 Å². The van der Waals surface area contributed by atoms with Gasteiger partial charge < -0.3 is 9.30 Å². The van der Waals surface area contributed by atoms with E-state index in [0.717, 1.165) is 45.7 Å². The molecule has 2 rings (SSSR count).